The van der Waals surface area contributed by atoms with Crippen molar-refractivity contribution >= 4 is 44.6 Å². The number of methoxy groups -OCH3 is 1. The topological polar surface area (TPSA) is 65.7 Å². The molecule has 158 valence electrons. The molecule has 0 aliphatic heterocycles. The Bertz CT molecular complexity index is 1170. The first kappa shape index (κ1) is 22.3. The van der Waals surface area contributed by atoms with Crippen LogP contribution in [-0.2, 0) is 0 Å². The first-order chi connectivity index (χ1) is 14.2. The summed E-state index contributed by atoms with van der Waals surface area (Å²) >= 11 is 9.80. The molecule has 0 aliphatic carbocycles. The summed E-state index contributed by atoms with van der Waals surface area (Å²) in [5, 5.41) is 5.32. The van der Waals surface area contributed by atoms with Crippen LogP contribution in [0.3, 0.4) is 0 Å². The average molecular weight is 493 g/mol. The van der Waals surface area contributed by atoms with Gasteiger partial charge in [0.15, 0.2) is 11.5 Å². The maximum absolute atomic E-state index is 13.1. The van der Waals surface area contributed by atoms with Crippen molar-refractivity contribution in [2.75, 3.05) is 7.11 Å². The Labute approximate surface area is 188 Å². The number of benzene rings is 2. The Kier molecular flexibility index (Phi) is 6.83. The van der Waals surface area contributed by atoms with Gasteiger partial charge < -0.3 is 9.47 Å². The lowest BCUT2D eigenvalue weighted by Crippen LogP contribution is -2.23. The highest BCUT2D eigenvalue weighted by atomic mass is 79.9. The van der Waals surface area contributed by atoms with Gasteiger partial charge in [0, 0.05) is 10.4 Å². The van der Waals surface area contributed by atoms with Crippen molar-refractivity contribution in [1.82, 2.24) is 9.66 Å². The number of aromatic nitrogens is 2. The fourth-order valence-electron chi connectivity index (χ4n) is 2.94. The van der Waals surface area contributed by atoms with E-state index in [-0.39, 0.29) is 17.6 Å². The molecule has 0 unspecified atom stereocenters. The van der Waals surface area contributed by atoms with E-state index in [2.05, 4.69) is 26.0 Å². The van der Waals surface area contributed by atoms with Crippen LogP contribution in [0.2, 0.25) is 5.02 Å². The Balaban J connectivity index is 2.11. The minimum absolute atomic E-state index is 0.00263. The quantitative estimate of drug-likeness (QED) is 0.419. The van der Waals surface area contributed by atoms with Gasteiger partial charge in [-0.1, -0.05) is 41.4 Å². The Morgan fingerprint density at radius 1 is 1.20 bits per heavy atom. The summed E-state index contributed by atoms with van der Waals surface area (Å²) in [6, 6.07) is 8.91. The van der Waals surface area contributed by atoms with Gasteiger partial charge in [-0.2, -0.15) is 9.78 Å². The molecule has 3 aromatic rings. The molecule has 0 fully saturated rings. The van der Waals surface area contributed by atoms with E-state index in [9.17, 15) is 4.79 Å². The summed E-state index contributed by atoms with van der Waals surface area (Å²) in [6.45, 7) is 7.76. The summed E-state index contributed by atoms with van der Waals surface area (Å²) < 4.78 is 13.3. The Morgan fingerprint density at radius 2 is 1.93 bits per heavy atom. The average Bonchev–Trinajstić information content (AvgIpc) is 2.68. The van der Waals surface area contributed by atoms with Crippen LogP contribution in [-0.4, -0.2) is 29.1 Å². The van der Waals surface area contributed by atoms with Gasteiger partial charge in [-0.05, 0) is 49.7 Å². The number of hydrogen-bond donors (Lipinski definition) is 0. The van der Waals surface area contributed by atoms with Gasteiger partial charge in [-0.15, -0.1) is 0 Å². The number of rotatable bonds is 6. The highest BCUT2D eigenvalue weighted by molar-refractivity contribution is 9.10. The molecule has 0 aliphatic rings. The van der Waals surface area contributed by atoms with Crippen LogP contribution >= 0.6 is 27.5 Å². The fraction of sp³-hybridized carbons (Fsp3) is 0.318. The molecule has 30 heavy (non-hydrogen) atoms. The van der Waals surface area contributed by atoms with Crippen molar-refractivity contribution in [2.24, 2.45) is 5.10 Å². The van der Waals surface area contributed by atoms with Gasteiger partial charge in [0.05, 0.1) is 35.4 Å². The van der Waals surface area contributed by atoms with Crippen molar-refractivity contribution in [2.45, 2.75) is 39.7 Å². The largest absolute Gasteiger partial charge is 0.493 e. The van der Waals surface area contributed by atoms with Crippen molar-refractivity contribution in [1.29, 1.82) is 0 Å². The minimum Gasteiger partial charge on any atom is -0.493 e. The van der Waals surface area contributed by atoms with Crippen molar-refractivity contribution in [3.63, 3.8) is 0 Å². The number of ether oxygens (including phenoxy) is 2. The highest BCUT2D eigenvalue weighted by Gasteiger charge is 2.15. The normalized spacial score (nSPS) is 11.8. The summed E-state index contributed by atoms with van der Waals surface area (Å²) in [6.07, 6.45) is 1.51. The van der Waals surface area contributed by atoms with Crippen LogP contribution in [0.25, 0.3) is 10.9 Å². The molecule has 1 heterocycles. The van der Waals surface area contributed by atoms with Crippen LogP contribution in [0.15, 0.2) is 44.7 Å². The van der Waals surface area contributed by atoms with Gasteiger partial charge in [0.25, 0.3) is 5.56 Å². The Hall–Kier alpha value is -2.38. The van der Waals surface area contributed by atoms with E-state index in [0.29, 0.717) is 38.8 Å². The Morgan fingerprint density at radius 3 is 2.57 bits per heavy atom. The zero-order chi connectivity index (χ0) is 22.0. The molecule has 6 nitrogen and oxygen atoms in total. The predicted octanol–water partition coefficient (Wildman–Crippen LogP) is 5.61. The molecular weight excluding hydrogens is 470 g/mol. The third-order valence-electron chi connectivity index (χ3n) is 4.28. The van der Waals surface area contributed by atoms with Gasteiger partial charge >= 0.3 is 0 Å². The molecule has 0 spiro atoms. The summed E-state index contributed by atoms with van der Waals surface area (Å²) in [5.41, 5.74) is 1.07. The summed E-state index contributed by atoms with van der Waals surface area (Å²) in [4.78, 5) is 17.8. The third kappa shape index (κ3) is 4.68. The molecule has 0 amide bonds. The first-order valence-corrected chi connectivity index (χ1v) is 10.7. The summed E-state index contributed by atoms with van der Waals surface area (Å²) in [7, 11) is 1.55. The van der Waals surface area contributed by atoms with E-state index in [1.165, 1.54) is 4.68 Å². The van der Waals surface area contributed by atoms with Gasteiger partial charge in [0.2, 0.25) is 0 Å². The molecule has 3 rings (SSSR count). The standard InChI is InChI=1S/C22H23BrClN3O3/c1-12(2)21-26-18-7-6-15(23)10-16(18)22(28)27(21)25-11-14-8-17(24)20(30-13(3)4)19(9-14)29-5/h6-13H,1-5H3. The number of hydrogen-bond acceptors (Lipinski definition) is 5. The molecule has 0 saturated heterocycles. The number of fused-ring (bicyclic) bond motifs is 1. The van der Waals surface area contributed by atoms with Crippen LogP contribution in [0.1, 0.15) is 45.0 Å². The monoisotopic (exact) mass is 491 g/mol. The van der Waals surface area contributed by atoms with Gasteiger partial charge in [0.1, 0.15) is 5.82 Å². The van der Waals surface area contributed by atoms with Crippen molar-refractivity contribution in [3.8, 4) is 11.5 Å². The van der Waals surface area contributed by atoms with E-state index >= 15 is 0 Å². The van der Waals surface area contributed by atoms with Crippen LogP contribution in [0.4, 0.5) is 0 Å². The van der Waals surface area contributed by atoms with E-state index in [1.807, 2.05) is 39.8 Å². The maximum Gasteiger partial charge on any atom is 0.282 e. The van der Waals surface area contributed by atoms with Crippen LogP contribution < -0.4 is 15.0 Å². The predicted molar refractivity (Wildman–Crippen MR) is 125 cm³/mol. The molecular formula is C22H23BrClN3O3. The highest BCUT2D eigenvalue weighted by Crippen LogP contribution is 2.36. The van der Waals surface area contributed by atoms with E-state index in [4.69, 9.17) is 21.1 Å². The fourth-order valence-corrected chi connectivity index (χ4v) is 3.56. The second-order valence-corrected chi connectivity index (χ2v) is 8.67. The van der Waals surface area contributed by atoms with Crippen molar-refractivity contribution < 1.29 is 9.47 Å². The molecule has 8 heteroatoms. The lowest BCUT2D eigenvalue weighted by Gasteiger charge is -2.15. The van der Waals surface area contributed by atoms with E-state index in [0.717, 1.165) is 4.47 Å². The van der Waals surface area contributed by atoms with E-state index in [1.54, 1.807) is 31.5 Å². The van der Waals surface area contributed by atoms with Crippen LogP contribution in [0.5, 0.6) is 11.5 Å². The lowest BCUT2D eigenvalue weighted by atomic mass is 10.2. The van der Waals surface area contributed by atoms with E-state index < -0.39 is 0 Å². The lowest BCUT2D eigenvalue weighted by molar-refractivity contribution is 0.230. The van der Waals surface area contributed by atoms with Crippen molar-refractivity contribution in [3.05, 3.63) is 61.6 Å². The van der Waals surface area contributed by atoms with Gasteiger partial charge in [-0.25, -0.2) is 4.98 Å². The summed E-state index contributed by atoms with van der Waals surface area (Å²) in [5.74, 6) is 1.55. The molecule has 0 atom stereocenters. The molecule has 0 saturated carbocycles. The zero-order valence-corrected chi connectivity index (χ0v) is 19.8. The SMILES string of the molecule is COc1cc(C=Nn2c(C(C)C)nc3ccc(Br)cc3c2=O)cc(Cl)c1OC(C)C. The smallest absolute Gasteiger partial charge is 0.282 e. The second-order valence-electron chi connectivity index (χ2n) is 7.35. The number of halogens is 2. The first-order valence-electron chi connectivity index (χ1n) is 9.52. The third-order valence-corrected chi connectivity index (χ3v) is 5.05. The zero-order valence-electron chi connectivity index (χ0n) is 17.4. The van der Waals surface area contributed by atoms with Crippen LogP contribution in [0, 0.1) is 0 Å². The molecule has 0 N–H and O–H groups in total. The number of nitrogens with zero attached hydrogens (tertiary/aromatic N) is 3. The molecule has 0 radical (unpaired) electrons. The molecule has 0 bridgehead atoms. The maximum atomic E-state index is 13.1. The molecule has 2 aromatic carbocycles. The second kappa shape index (κ2) is 9.18. The minimum atomic E-state index is -0.237. The van der Waals surface area contributed by atoms with Gasteiger partial charge in [-0.3, -0.25) is 4.79 Å². The molecule has 1 aromatic heterocycles.